The zero-order valence-corrected chi connectivity index (χ0v) is 17.5. The van der Waals surface area contributed by atoms with Gasteiger partial charge in [-0.3, -0.25) is 0 Å². The minimum Gasteiger partial charge on any atom is -0.494 e. The molecule has 0 saturated carbocycles. The summed E-state index contributed by atoms with van der Waals surface area (Å²) in [4.78, 5) is 12.9. The Hall–Kier alpha value is -2.10. The van der Waals surface area contributed by atoms with Gasteiger partial charge in [-0.2, -0.15) is 0 Å². The second-order valence-electron chi connectivity index (χ2n) is 6.06. The van der Waals surface area contributed by atoms with Crippen LogP contribution in [0.25, 0.3) is 0 Å². The average molecular weight is 412 g/mol. The first-order valence-corrected chi connectivity index (χ1v) is 10.8. The van der Waals surface area contributed by atoms with Gasteiger partial charge in [-0.15, -0.1) is 11.3 Å². The summed E-state index contributed by atoms with van der Waals surface area (Å²) in [5.74, 6) is 0.791. The molecule has 2 amide bonds. The molecule has 0 fully saturated rings. The van der Waals surface area contributed by atoms with Crippen molar-refractivity contribution >= 4 is 27.4 Å². The minimum atomic E-state index is -3.44. The number of ether oxygens (including phenoxy) is 1. The van der Waals surface area contributed by atoms with E-state index in [4.69, 9.17) is 4.74 Å². The fourth-order valence-electron chi connectivity index (χ4n) is 2.29. The molecule has 9 heteroatoms. The number of hydrogen-bond donors (Lipinski definition) is 2. The van der Waals surface area contributed by atoms with Gasteiger partial charge in [0, 0.05) is 19.0 Å². The van der Waals surface area contributed by atoms with E-state index in [9.17, 15) is 13.2 Å². The third-order valence-corrected chi connectivity index (χ3v) is 7.20. The van der Waals surface area contributed by atoms with Crippen molar-refractivity contribution in [3.05, 3.63) is 46.8 Å². The summed E-state index contributed by atoms with van der Waals surface area (Å²) in [7, 11) is -0.467. The summed E-state index contributed by atoms with van der Waals surface area (Å²) in [5, 5.41) is 5.61. The molecular weight excluding hydrogens is 386 g/mol. The molecule has 1 heterocycles. The summed E-state index contributed by atoms with van der Waals surface area (Å²) >= 11 is 1.15. The van der Waals surface area contributed by atoms with Crippen LogP contribution in [-0.2, 0) is 16.6 Å². The first-order valence-electron chi connectivity index (χ1n) is 8.52. The van der Waals surface area contributed by atoms with Gasteiger partial charge in [0.15, 0.2) is 0 Å². The van der Waals surface area contributed by atoms with E-state index in [0.29, 0.717) is 6.61 Å². The van der Waals surface area contributed by atoms with Gasteiger partial charge in [0.1, 0.15) is 9.96 Å². The fourth-order valence-corrected chi connectivity index (χ4v) is 4.75. The van der Waals surface area contributed by atoms with E-state index in [1.165, 1.54) is 18.4 Å². The van der Waals surface area contributed by atoms with Crippen molar-refractivity contribution in [2.75, 3.05) is 20.7 Å². The lowest BCUT2D eigenvalue weighted by Crippen LogP contribution is -2.36. The van der Waals surface area contributed by atoms with E-state index in [-0.39, 0.29) is 22.8 Å². The Kier molecular flexibility index (Phi) is 7.23. The smallest absolute Gasteiger partial charge is 0.315 e. The van der Waals surface area contributed by atoms with Crippen LogP contribution >= 0.6 is 11.3 Å². The van der Waals surface area contributed by atoms with Crippen LogP contribution < -0.4 is 15.4 Å². The minimum absolute atomic E-state index is 0.173. The van der Waals surface area contributed by atoms with Gasteiger partial charge in [-0.1, -0.05) is 12.1 Å². The Morgan fingerprint density at radius 2 is 1.85 bits per heavy atom. The van der Waals surface area contributed by atoms with Gasteiger partial charge in [-0.05, 0) is 43.7 Å². The molecule has 27 heavy (non-hydrogen) atoms. The quantitative estimate of drug-likeness (QED) is 0.699. The van der Waals surface area contributed by atoms with Crippen LogP contribution in [0.2, 0.25) is 0 Å². The molecule has 2 N–H and O–H groups in total. The highest BCUT2D eigenvalue weighted by Gasteiger charge is 2.19. The number of amides is 2. The fraction of sp³-hybridized carbons (Fsp3) is 0.389. The van der Waals surface area contributed by atoms with Gasteiger partial charge >= 0.3 is 6.03 Å². The predicted molar refractivity (Wildman–Crippen MR) is 107 cm³/mol. The SMILES string of the molecule is CCOc1ccc(C(C)NC(=O)NCc2ccc(S(=O)(=O)N(C)C)s2)cc1. The van der Waals surface area contributed by atoms with Gasteiger partial charge in [0.25, 0.3) is 10.0 Å². The Morgan fingerprint density at radius 3 is 2.44 bits per heavy atom. The molecule has 2 rings (SSSR count). The number of sulfonamides is 1. The molecule has 1 unspecified atom stereocenters. The number of carbonyl (C=O) groups excluding carboxylic acids is 1. The van der Waals surface area contributed by atoms with Crippen molar-refractivity contribution in [3.63, 3.8) is 0 Å². The van der Waals surface area contributed by atoms with E-state index in [0.717, 1.165) is 27.5 Å². The lowest BCUT2D eigenvalue weighted by molar-refractivity contribution is 0.237. The van der Waals surface area contributed by atoms with Crippen LogP contribution in [0.5, 0.6) is 5.75 Å². The van der Waals surface area contributed by atoms with Gasteiger partial charge in [-0.25, -0.2) is 17.5 Å². The molecule has 0 aliphatic carbocycles. The molecule has 7 nitrogen and oxygen atoms in total. The van der Waals surface area contributed by atoms with Crippen LogP contribution in [0, 0.1) is 0 Å². The van der Waals surface area contributed by atoms with Crippen molar-refractivity contribution in [2.24, 2.45) is 0 Å². The summed E-state index contributed by atoms with van der Waals surface area (Å²) in [5.41, 5.74) is 0.962. The first-order chi connectivity index (χ1) is 12.7. The molecule has 1 aromatic carbocycles. The number of urea groups is 1. The predicted octanol–water partition coefficient (Wildman–Crippen LogP) is 2.96. The number of rotatable bonds is 8. The Morgan fingerprint density at radius 1 is 1.19 bits per heavy atom. The van der Waals surface area contributed by atoms with Gasteiger partial charge in [0.2, 0.25) is 0 Å². The molecule has 148 valence electrons. The second kappa shape index (κ2) is 9.20. The molecule has 2 aromatic rings. The summed E-state index contributed by atoms with van der Waals surface area (Å²) in [6.45, 7) is 4.68. The van der Waals surface area contributed by atoms with Crippen molar-refractivity contribution in [3.8, 4) is 5.75 Å². The largest absolute Gasteiger partial charge is 0.494 e. The Bertz CT molecular complexity index is 861. The third kappa shape index (κ3) is 5.69. The zero-order valence-electron chi connectivity index (χ0n) is 15.9. The maximum atomic E-state index is 12.1. The lowest BCUT2D eigenvalue weighted by Gasteiger charge is -2.15. The van der Waals surface area contributed by atoms with Crippen LogP contribution in [0.15, 0.2) is 40.6 Å². The van der Waals surface area contributed by atoms with Crippen LogP contribution in [-0.4, -0.2) is 39.5 Å². The Balaban J connectivity index is 1.88. The highest BCUT2D eigenvalue weighted by molar-refractivity contribution is 7.91. The molecule has 0 saturated heterocycles. The zero-order chi connectivity index (χ0) is 20.0. The van der Waals surface area contributed by atoms with Gasteiger partial charge in [0.05, 0.1) is 19.2 Å². The van der Waals surface area contributed by atoms with Crippen LogP contribution in [0.4, 0.5) is 4.79 Å². The van der Waals surface area contributed by atoms with E-state index in [1.54, 1.807) is 12.1 Å². The van der Waals surface area contributed by atoms with E-state index < -0.39 is 10.0 Å². The summed E-state index contributed by atoms with van der Waals surface area (Å²) < 4.78 is 31.0. The lowest BCUT2D eigenvalue weighted by atomic mass is 10.1. The maximum absolute atomic E-state index is 12.1. The molecule has 0 aliphatic rings. The van der Waals surface area contributed by atoms with E-state index >= 15 is 0 Å². The van der Waals surface area contributed by atoms with Gasteiger partial charge < -0.3 is 15.4 Å². The number of nitrogens with one attached hydrogen (secondary N) is 2. The Labute approximate surface area is 164 Å². The molecule has 1 atom stereocenters. The normalized spacial score (nSPS) is 12.6. The van der Waals surface area contributed by atoms with Crippen molar-refractivity contribution in [1.29, 1.82) is 0 Å². The maximum Gasteiger partial charge on any atom is 0.315 e. The third-order valence-electron chi connectivity index (χ3n) is 3.83. The van der Waals surface area contributed by atoms with Crippen molar-refractivity contribution in [1.82, 2.24) is 14.9 Å². The number of nitrogens with zero attached hydrogens (tertiary/aromatic N) is 1. The average Bonchev–Trinajstić information content (AvgIpc) is 3.10. The standard InChI is InChI=1S/C18H25N3O4S2/c1-5-25-15-8-6-14(7-9-15)13(2)20-18(22)19-12-16-10-11-17(26-16)27(23,24)21(3)4/h6-11,13H,5,12H2,1-4H3,(H2,19,20,22). The summed E-state index contributed by atoms with van der Waals surface area (Å²) in [6, 6.07) is 10.3. The molecular formula is C18H25N3O4S2. The number of hydrogen-bond acceptors (Lipinski definition) is 5. The summed E-state index contributed by atoms with van der Waals surface area (Å²) in [6.07, 6.45) is 0. The molecule has 0 spiro atoms. The molecule has 0 bridgehead atoms. The van der Waals surface area contributed by atoms with E-state index in [1.807, 2.05) is 38.1 Å². The topological polar surface area (TPSA) is 87.7 Å². The van der Waals surface area contributed by atoms with Crippen molar-refractivity contribution < 1.29 is 17.9 Å². The van der Waals surface area contributed by atoms with Crippen LogP contribution in [0.1, 0.15) is 30.3 Å². The van der Waals surface area contributed by atoms with E-state index in [2.05, 4.69) is 10.6 Å². The molecule has 0 radical (unpaired) electrons. The molecule has 0 aliphatic heterocycles. The first kappa shape index (κ1) is 21.2. The molecule has 1 aromatic heterocycles. The number of thiophene rings is 1. The number of benzene rings is 1. The highest BCUT2D eigenvalue weighted by atomic mass is 32.2. The number of carbonyl (C=O) groups is 1. The monoisotopic (exact) mass is 411 g/mol. The second-order valence-corrected chi connectivity index (χ2v) is 9.61. The van der Waals surface area contributed by atoms with Crippen LogP contribution in [0.3, 0.4) is 0 Å². The van der Waals surface area contributed by atoms with Crippen molar-refractivity contribution in [2.45, 2.75) is 30.6 Å². The highest BCUT2D eigenvalue weighted by Crippen LogP contribution is 2.23.